The third-order valence-electron chi connectivity index (χ3n) is 3.80. The predicted molar refractivity (Wildman–Crippen MR) is 116 cm³/mol. The minimum atomic E-state index is -0.489. The number of piperazine rings is 1. The molecule has 0 bridgehead atoms. The Bertz CT molecular complexity index is 640. The van der Waals surface area contributed by atoms with E-state index in [1.54, 1.807) is 11.1 Å². The molecule has 1 aliphatic rings. The number of carbonyl (C=O) groups is 1. The summed E-state index contributed by atoms with van der Waals surface area (Å²) >= 11 is 0. The third-order valence-corrected chi connectivity index (χ3v) is 3.80. The first-order valence-corrected chi connectivity index (χ1v) is 8.89. The lowest BCUT2D eigenvalue weighted by atomic mass is 10.2. The van der Waals surface area contributed by atoms with E-state index in [4.69, 9.17) is 15.2 Å². The van der Waals surface area contributed by atoms with Gasteiger partial charge < -0.3 is 25.0 Å². The number of carbonyl (C=O) groups excluding carboxylic acids is 1. The number of pyridine rings is 1. The average molecular weight is 491 g/mol. The van der Waals surface area contributed by atoms with Crippen LogP contribution in [0.25, 0.3) is 0 Å². The molecule has 0 atom stereocenters. The number of nitrogens with two attached hydrogens (primary N) is 1. The molecule has 1 aliphatic heterocycles. The lowest BCUT2D eigenvalue weighted by Crippen LogP contribution is -2.53. The number of amides is 1. The van der Waals surface area contributed by atoms with Crippen LogP contribution in [0.4, 0.5) is 4.79 Å². The second-order valence-corrected chi connectivity index (χ2v) is 7.03. The quantitative estimate of drug-likeness (QED) is 0.395. The molecule has 1 fully saturated rings. The number of hydrogen-bond acceptors (Lipinski definition) is 5. The van der Waals surface area contributed by atoms with E-state index in [1.807, 2.05) is 44.7 Å². The number of hydrogen-bond donors (Lipinski definition) is 1. The zero-order valence-corrected chi connectivity index (χ0v) is 18.8. The van der Waals surface area contributed by atoms with Crippen LogP contribution in [0, 0.1) is 0 Å². The zero-order valence-electron chi connectivity index (χ0n) is 16.5. The van der Waals surface area contributed by atoms with E-state index < -0.39 is 5.60 Å². The van der Waals surface area contributed by atoms with Crippen LogP contribution in [0.3, 0.4) is 0 Å². The number of ether oxygens (including phenoxy) is 2. The fourth-order valence-corrected chi connectivity index (χ4v) is 2.52. The molecule has 0 aliphatic carbocycles. The van der Waals surface area contributed by atoms with Crippen molar-refractivity contribution in [2.45, 2.75) is 39.8 Å². The van der Waals surface area contributed by atoms with Crippen molar-refractivity contribution in [3.8, 4) is 5.88 Å². The van der Waals surface area contributed by atoms with Gasteiger partial charge in [0.15, 0.2) is 5.96 Å². The van der Waals surface area contributed by atoms with Gasteiger partial charge in [0.25, 0.3) is 0 Å². The van der Waals surface area contributed by atoms with E-state index in [-0.39, 0.29) is 30.1 Å². The zero-order chi connectivity index (χ0) is 19.2. The minimum absolute atomic E-state index is 0. The number of halogens is 1. The summed E-state index contributed by atoms with van der Waals surface area (Å²) in [6.45, 7) is 10.8. The molecule has 0 aromatic carbocycles. The highest BCUT2D eigenvalue weighted by Gasteiger charge is 2.26. The Labute approximate surface area is 178 Å². The summed E-state index contributed by atoms with van der Waals surface area (Å²) in [5, 5.41) is 0. The lowest BCUT2D eigenvalue weighted by Gasteiger charge is -2.36. The standard InChI is InChI=1S/C18H29N5O3.HI/c1-5-25-15-14(7-6-8-20-15)13-21-16(19)22-9-11-23(12-10-22)17(24)26-18(2,3)4;/h6-8H,5,9-13H2,1-4H3,(H2,19,21);1H. The van der Waals surface area contributed by atoms with Gasteiger partial charge in [-0.25, -0.2) is 14.8 Å². The van der Waals surface area contributed by atoms with Crippen LogP contribution in [-0.4, -0.2) is 65.2 Å². The first kappa shape index (κ1) is 23.3. The number of aliphatic imine (C=N–C) groups is 1. The molecule has 0 radical (unpaired) electrons. The number of nitrogens with zero attached hydrogens (tertiary/aromatic N) is 4. The molecule has 1 aromatic heterocycles. The molecule has 2 heterocycles. The van der Waals surface area contributed by atoms with E-state index in [9.17, 15) is 4.79 Å². The third kappa shape index (κ3) is 7.39. The monoisotopic (exact) mass is 491 g/mol. The van der Waals surface area contributed by atoms with Crippen molar-refractivity contribution >= 4 is 36.0 Å². The van der Waals surface area contributed by atoms with Crippen LogP contribution in [-0.2, 0) is 11.3 Å². The normalized spacial score (nSPS) is 15.2. The Balaban J connectivity index is 0.00000364. The molecule has 27 heavy (non-hydrogen) atoms. The van der Waals surface area contributed by atoms with Gasteiger partial charge in [0.2, 0.25) is 5.88 Å². The van der Waals surface area contributed by atoms with Crippen molar-refractivity contribution in [3.63, 3.8) is 0 Å². The summed E-state index contributed by atoms with van der Waals surface area (Å²) < 4.78 is 10.9. The van der Waals surface area contributed by atoms with Crippen LogP contribution in [0.1, 0.15) is 33.3 Å². The van der Waals surface area contributed by atoms with E-state index >= 15 is 0 Å². The van der Waals surface area contributed by atoms with E-state index in [0.29, 0.717) is 51.2 Å². The number of aromatic nitrogens is 1. The Morgan fingerprint density at radius 3 is 2.48 bits per heavy atom. The Hall–Kier alpha value is -1.78. The topological polar surface area (TPSA) is 93.3 Å². The molecule has 8 nitrogen and oxygen atoms in total. The van der Waals surface area contributed by atoms with Crippen molar-refractivity contribution < 1.29 is 14.3 Å². The molecule has 2 N–H and O–H groups in total. The highest BCUT2D eigenvalue weighted by molar-refractivity contribution is 14.0. The lowest BCUT2D eigenvalue weighted by molar-refractivity contribution is 0.0186. The summed E-state index contributed by atoms with van der Waals surface area (Å²) in [6, 6.07) is 3.78. The SMILES string of the molecule is CCOc1ncccc1CN=C(N)N1CCN(C(=O)OC(C)(C)C)CC1.I. The fraction of sp³-hybridized carbons (Fsp3) is 0.611. The Morgan fingerprint density at radius 1 is 1.26 bits per heavy atom. The van der Waals surface area contributed by atoms with Gasteiger partial charge in [-0.05, 0) is 33.8 Å². The van der Waals surface area contributed by atoms with Crippen molar-refractivity contribution in [1.29, 1.82) is 0 Å². The van der Waals surface area contributed by atoms with Gasteiger partial charge in [0.1, 0.15) is 5.60 Å². The van der Waals surface area contributed by atoms with Crippen LogP contribution in [0.5, 0.6) is 5.88 Å². The Morgan fingerprint density at radius 2 is 1.89 bits per heavy atom. The van der Waals surface area contributed by atoms with Gasteiger partial charge in [-0.3, -0.25) is 0 Å². The summed E-state index contributed by atoms with van der Waals surface area (Å²) in [5.74, 6) is 1.04. The van der Waals surface area contributed by atoms with Gasteiger partial charge in [-0.1, -0.05) is 6.07 Å². The second-order valence-electron chi connectivity index (χ2n) is 7.03. The highest BCUT2D eigenvalue weighted by Crippen LogP contribution is 2.16. The first-order chi connectivity index (χ1) is 12.3. The second kappa shape index (κ2) is 10.5. The molecule has 1 saturated heterocycles. The summed E-state index contributed by atoms with van der Waals surface area (Å²) in [6.07, 6.45) is 1.40. The van der Waals surface area contributed by atoms with Crippen molar-refractivity contribution in [2.24, 2.45) is 10.7 Å². The van der Waals surface area contributed by atoms with Crippen molar-refractivity contribution in [2.75, 3.05) is 32.8 Å². The molecule has 1 amide bonds. The number of rotatable bonds is 4. The van der Waals surface area contributed by atoms with Gasteiger partial charge in [-0.15, -0.1) is 24.0 Å². The molecule has 2 rings (SSSR count). The average Bonchev–Trinajstić information content (AvgIpc) is 2.59. The molecule has 0 spiro atoms. The van der Waals surface area contributed by atoms with Crippen molar-refractivity contribution in [3.05, 3.63) is 23.9 Å². The van der Waals surface area contributed by atoms with E-state index in [2.05, 4.69) is 9.98 Å². The van der Waals surface area contributed by atoms with Crippen molar-refractivity contribution in [1.82, 2.24) is 14.8 Å². The van der Waals surface area contributed by atoms with E-state index in [0.717, 1.165) is 5.56 Å². The highest BCUT2D eigenvalue weighted by atomic mass is 127. The predicted octanol–water partition coefficient (Wildman–Crippen LogP) is 2.47. The first-order valence-electron chi connectivity index (χ1n) is 8.89. The van der Waals surface area contributed by atoms with Crippen LogP contribution in [0.15, 0.2) is 23.3 Å². The molecular weight excluding hydrogens is 461 g/mol. The summed E-state index contributed by atoms with van der Waals surface area (Å²) in [5.41, 5.74) is 6.53. The maximum Gasteiger partial charge on any atom is 0.410 e. The summed E-state index contributed by atoms with van der Waals surface area (Å²) in [4.78, 5) is 24.4. The van der Waals surface area contributed by atoms with E-state index in [1.165, 1.54) is 0 Å². The molecule has 1 aromatic rings. The minimum Gasteiger partial charge on any atom is -0.478 e. The largest absolute Gasteiger partial charge is 0.478 e. The molecule has 0 unspecified atom stereocenters. The molecular formula is C18H30IN5O3. The molecule has 0 saturated carbocycles. The maximum absolute atomic E-state index is 12.1. The fourth-order valence-electron chi connectivity index (χ4n) is 2.52. The van der Waals surface area contributed by atoms with Gasteiger partial charge in [0.05, 0.1) is 13.2 Å². The van der Waals surface area contributed by atoms with Gasteiger partial charge in [0, 0.05) is 37.9 Å². The van der Waals surface area contributed by atoms with Crippen LogP contribution in [0.2, 0.25) is 0 Å². The Kier molecular flexibility index (Phi) is 9.07. The van der Waals surface area contributed by atoms with Crippen LogP contribution >= 0.6 is 24.0 Å². The molecule has 9 heteroatoms. The van der Waals surface area contributed by atoms with Gasteiger partial charge >= 0.3 is 6.09 Å². The number of guanidine groups is 1. The molecule has 152 valence electrons. The van der Waals surface area contributed by atoms with Crippen LogP contribution < -0.4 is 10.5 Å². The summed E-state index contributed by atoms with van der Waals surface area (Å²) in [7, 11) is 0. The van der Waals surface area contributed by atoms with Gasteiger partial charge in [-0.2, -0.15) is 0 Å². The smallest absolute Gasteiger partial charge is 0.410 e. The maximum atomic E-state index is 12.1.